The van der Waals surface area contributed by atoms with Crippen LogP contribution in [0.1, 0.15) is 5.56 Å². The van der Waals surface area contributed by atoms with Crippen molar-refractivity contribution in [3.8, 4) is 0 Å². The number of hydrogen-bond acceptors (Lipinski definition) is 0. The van der Waals surface area contributed by atoms with Gasteiger partial charge in [0, 0.05) is 16.8 Å². The molecule has 2 heteroatoms. The van der Waals surface area contributed by atoms with Gasteiger partial charge in [-0.3, -0.25) is 0 Å². The summed E-state index contributed by atoms with van der Waals surface area (Å²) in [5.74, 6) is -1.04. The minimum absolute atomic E-state index is 0.503. The molecule has 0 aliphatic carbocycles. The fourth-order valence-corrected chi connectivity index (χ4v) is 3.14. The Kier molecular flexibility index (Phi) is 2.49. The molecule has 4 aromatic carbocycles. The molecule has 0 bridgehead atoms. The third-order valence-electron chi connectivity index (χ3n) is 4.06. The molecule has 0 amide bonds. The Morgan fingerprint density at radius 3 is 2.33 bits per heavy atom. The molecule has 0 aliphatic heterocycles. The molecule has 0 saturated heterocycles. The maximum absolute atomic E-state index is 14.4. The van der Waals surface area contributed by atoms with Crippen LogP contribution in [-0.4, -0.2) is 0 Å². The largest absolute Gasteiger partial charge is 0.207 e. The highest BCUT2D eigenvalue weighted by atomic mass is 19.1. The highest BCUT2D eigenvalue weighted by molar-refractivity contribution is 6.21. The Morgan fingerprint density at radius 2 is 1.48 bits per heavy atom. The maximum Gasteiger partial charge on any atom is 0.134 e. The molecule has 102 valence electrons. The minimum Gasteiger partial charge on any atom is -0.207 e. The molecule has 21 heavy (non-hydrogen) atoms. The van der Waals surface area contributed by atoms with Gasteiger partial charge in [-0.25, -0.2) is 8.78 Å². The van der Waals surface area contributed by atoms with Crippen LogP contribution in [0.5, 0.6) is 0 Å². The number of halogens is 2. The molecule has 0 saturated carbocycles. The molecule has 0 aromatic heterocycles. The number of rotatable bonds is 0. The average molecular weight is 278 g/mol. The quantitative estimate of drug-likeness (QED) is 0.360. The summed E-state index contributed by atoms with van der Waals surface area (Å²) in [4.78, 5) is 0. The van der Waals surface area contributed by atoms with Gasteiger partial charge in [-0.1, -0.05) is 42.5 Å². The Bertz CT molecular complexity index is 1020. The van der Waals surface area contributed by atoms with Crippen LogP contribution in [0, 0.1) is 18.6 Å². The summed E-state index contributed by atoms with van der Waals surface area (Å²) in [6, 6.07) is 16.3. The van der Waals surface area contributed by atoms with Crippen molar-refractivity contribution in [1.29, 1.82) is 0 Å². The molecule has 0 atom stereocenters. The van der Waals surface area contributed by atoms with E-state index in [1.165, 1.54) is 6.07 Å². The highest BCUT2D eigenvalue weighted by Crippen LogP contribution is 2.35. The highest BCUT2D eigenvalue weighted by Gasteiger charge is 2.12. The number of benzene rings is 4. The van der Waals surface area contributed by atoms with Crippen LogP contribution in [-0.2, 0) is 0 Å². The predicted octanol–water partition coefficient (Wildman–Crippen LogP) is 5.73. The molecule has 0 spiro atoms. The van der Waals surface area contributed by atoms with Crippen molar-refractivity contribution in [2.45, 2.75) is 6.92 Å². The summed E-state index contributed by atoms with van der Waals surface area (Å²) in [6.45, 7) is 1.88. The zero-order valence-corrected chi connectivity index (χ0v) is 11.5. The Hall–Kier alpha value is -2.48. The SMILES string of the molecule is Cc1cc2ccc3ccccc3c2c2c(F)cc(F)cc12. The molecular formula is C19H12F2. The lowest BCUT2D eigenvalue weighted by atomic mass is 9.93. The van der Waals surface area contributed by atoms with Crippen LogP contribution in [0.4, 0.5) is 8.78 Å². The zero-order valence-electron chi connectivity index (χ0n) is 11.5. The van der Waals surface area contributed by atoms with Gasteiger partial charge in [0.15, 0.2) is 0 Å². The van der Waals surface area contributed by atoms with Crippen LogP contribution in [0.3, 0.4) is 0 Å². The molecule has 0 radical (unpaired) electrons. The summed E-state index contributed by atoms with van der Waals surface area (Å²) < 4.78 is 28.0. The third-order valence-corrected chi connectivity index (χ3v) is 4.06. The van der Waals surface area contributed by atoms with E-state index in [1.807, 2.05) is 49.4 Å². The topological polar surface area (TPSA) is 0 Å². The fourth-order valence-electron chi connectivity index (χ4n) is 3.14. The van der Waals surface area contributed by atoms with Gasteiger partial charge in [0.25, 0.3) is 0 Å². The second kappa shape index (κ2) is 4.26. The van der Waals surface area contributed by atoms with Crippen LogP contribution in [0.2, 0.25) is 0 Å². The first kappa shape index (κ1) is 12.3. The normalized spacial score (nSPS) is 11.6. The van der Waals surface area contributed by atoms with E-state index in [2.05, 4.69) is 0 Å². The standard InChI is InChI=1S/C19H12F2/c1-11-8-13-7-6-12-4-2-3-5-15(12)18(13)19-16(11)9-14(20)10-17(19)21/h2-10H,1H3. The van der Waals surface area contributed by atoms with E-state index in [9.17, 15) is 8.78 Å². The first-order valence-corrected chi connectivity index (χ1v) is 6.85. The minimum atomic E-state index is -0.539. The summed E-state index contributed by atoms with van der Waals surface area (Å²) in [5, 5.41) is 5.01. The second-order valence-electron chi connectivity index (χ2n) is 5.39. The van der Waals surface area contributed by atoms with Gasteiger partial charge >= 0.3 is 0 Å². The van der Waals surface area contributed by atoms with Gasteiger partial charge in [-0.15, -0.1) is 0 Å². The number of aryl methyl sites for hydroxylation is 1. The van der Waals surface area contributed by atoms with E-state index >= 15 is 0 Å². The van der Waals surface area contributed by atoms with E-state index in [4.69, 9.17) is 0 Å². The lowest BCUT2D eigenvalue weighted by Crippen LogP contribution is -1.90. The predicted molar refractivity (Wildman–Crippen MR) is 83.6 cm³/mol. The lowest BCUT2D eigenvalue weighted by Gasteiger charge is -2.11. The van der Waals surface area contributed by atoms with Crippen molar-refractivity contribution in [1.82, 2.24) is 0 Å². The first-order valence-electron chi connectivity index (χ1n) is 6.85. The smallest absolute Gasteiger partial charge is 0.134 e. The van der Waals surface area contributed by atoms with Crippen LogP contribution >= 0.6 is 0 Å². The molecule has 0 aliphatic rings. The van der Waals surface area contributed by atoms with E-state index in [-0.39, 0.29) is 0 Å². The Morgan fingerprint density at radius 1 is 0.714 bits per heavy atom. The van der Waals surface area contributed by atoms with E-state index in [0.717, 1.165) is 33.2 Å². The van der Waals surface area contributed by atoms with Crippen LogP contribution < -0.4 is 0 Å². The monoisotopic (exact) mass is 278 g/mol. The first-order chi connectivity index (χ1) is 10.1. The summed E-state index contributed by atoms with van der Waals surface area (Å²) in [6.07, 6.45) is 0. The van der Waals surface area contributed by atoms with Crippen molar-refractivity contribution in [3.63, 3.8) is 0 Å². The van der Waals surface area contributed by atoms with Crippen LogP contribution in [0.15, 0.2) is 54.6 Å². The van der Waals surface area contributed by atoms with Crippen molar-refractivity contribution >= 4 is 32.3 Å². The zero-order chi connectivity index (χ0) is 14.6. The molecule has 0 nitrogen and oxygen atoms in total. The van der Waals surface area contributed by atoms with Gasteiger partial charge in [-0.05, 0) is 40.1 Å². The fraction of sp³-hybridized carbons (Fsp3) is 0.0526. The molecule has 0 fully saturated rings. The Balaban J connectivity index is 2.39. The summed E-state index contributed by atoms with van der Waals surface area (Å²) >= 11 is 0. The van der Waals surface area contributed by atoms with Gasteiger partial charge in [0.2, 0.25) is 0 Å². The van der Waals surface area contributed by atoms with E-state index in [1.54, 1.807) is 0 Å². The molecule has 4 rings (SSSR count). The maximum atomic E-state index is 14.4. The van der Waals surface area contributed by atoms with Crippen molar-refractivity contribution in [3.05, 3.63) is 71.8 Å². The van der Waals surface area contributed by atoms with Crippen LogP contribution in [0.25, 0.3) is 32.3 Å². The number of fused-ring (bicyclic) bond motifs is 5. The van der Waals surface area contributed by atoms with Gasteiger partial charge in [-0.2, -0.15) is 0 Å². The second-order valence-corrected chi connectivity index (χ2v) is 5.39. The van der Waals surface area contributed by atoms with Crippen molar-refractivity contribution < 1.29 is 8.78 Å². The van der Waals surface area contributed by atoms with Gasteiger partial charge in [0.1, 0.15) is 11.6 Å². The summed E-state index contributed by atoms with van der Waals surface area (Å²) in [5.41, 5.74) is 0.881. The lowest BCUT2D eigenvalue weighted by molar-refractivity contribution is 0.592. The third kappa shape index (κ3) is 1.72. The average Bonchev–Trinajstić information content (AvgIpc) is 2.47. The molecule has 0 N–H and O–H groups in total. The molecule has 0 unspecified atom stereocenters. The van der Waals surface area contributed by atoms with Crippen molar-refractivity contribution in [2.24, 2.45) is 0 Å². The van der Waals surface area contributed by atoms with Gasteiger partial charge < -0.3 is 0 Å². The summed E-state index contributed by atoms with van der Waals surface area (Å²) in [7, 11) is 0. The van der Waals surface area contributed by atoms with Gasteiger partial charge in [0.05, 0.1) is 0 Å². The molecule has 4 aromatic rings. The van der Waals surface area contributed by atoms with E-state index in [0.29, 0.717) is 10.8 Å². The molecular weight excluding hydrogens is 266 g/mol. The molecule has 0 heterocycles. The Labute approximate surface area is 120 Å². The number of hydrogen-bond donors (Lipinski definition) is 0. The van der Waals surface area contributed by atoms with E-state index < -0.39 is 11.6 Å². The van der Waals surface area contributed by atoms with Crippen molar-refractivity contribution in [2.75, 3.05) is 0 Å².